The number of pyridine rings is 1. The SMILES string of the molecule is O=C(Nc1cc2c([n+]([O-])c1)CCOC2)C(Cl)(Cl)Cl. The van der Waals surface area contributed by atoms with Gasteiger partial charge in [0.05, 0.1) is 19.6 Å². The lowest BCUT2D eigenvalue weighted by atomic mass is 10.1. The van der Waals surface area contributed by atoms with Gasteiger partial charge < -0.3 is 15.3 Å². The number of halogens is 3. The summed E-state index contributed by atoms with van der Waals surface area (Å²) in [6, 6.07) is 1.64. The van der Waals surface area contributed by atoms with Crippen LogP contribution in [0.2, 0.25) is 0 Å². The molecule has 0 spiro atoms. The van der Waals surface area contributed by atoms with Crippen LogP contribution in [0.1, 0.15) is 11.3 Å². The Morgan fingerprint density at radius 2 is 2.22 bits per heavy atom. The Hall–Kier alpha value is -0.750. The minimum Gasteiger partial charge on any atom is -0.618 e. The molecule has 0 aromatic carbocycles. The number of rotatable bonds is 1. The molecular weight excluding hydrogens is 302 g/mol. The van der Waals surface area contributed by atoms with Crippen molar-refractivity contribution in [1.29, 1.82) is 0 Å². The van der Waals surface area contributed by atoms with Crippen LogP contribution in [0.4, 0.5) is 5.69 Å². The largest absolute Gasteiger partial charge is 0.618 e. The van der Waals surface area contributed by atoms with Gasteiger partial charge in [-0.2, -0.15) is 4.73 Å². The number of alkyl halides is 3. The van der Waals surface area contributed by atoms with Crippen molar-refractivity contribution in [2.45, 2.75) is 16.8 Å². The zero-order valence-electron chi connectivity index (χ0n) is 9.08. The Morgan fingerprint density at radius 3 is 2.89 bits per heavy atom. The first kappa shape index (κ1) is 13.7. The molecule has 0 radical (unpaired) electrons. The van der Waals surface area contributed by atoms with Crippen molar-refractivity contribution in [3.63, 3.8) is 0 Å². The van der Waals surface area contributed by atoms with E-state index in [1.54, 1.807) is 6.07 Å². The maximum Gasteiger partial charge on any atom is 0.276 e. The molecule has 1 aliphatic heterocycles. The maximum absolute atomic E-state index is 11.7. The van der Waals surface area contributed by atoms with Gasteiger partial charge >= 0.3 is 0 Å². The quantitative estimate of drug-likeness (QED) is 0.488. The summed E-state index contributed by atoms with van der Waals surface area (Å²) in [7, 11) is 0. The van der Waals surface area contributed by atoms with Crippen molar-refractivity contribution in [1.82, 2.24) is 0 Å². The number of amides is 1. The first-order chi connectivity index (χ1) is 8.38. The standard InChI is InChI=1S/C10H9Cl3N2O3/c11-10(12,13)9(16)14-7-3-6-5-18-2-1-8(6)15(17)4-7/h3-4H,1-2,5H2,(H,14,16). The predicted octanol–water partition coefficient (Wildman–Crippen LogP) is 1.70. The van der Waals surface area contributed by atoms with E-state index in [2.05, 4.69) is 5.32 Å². The number of carbonyl (C=O) groups is 1. The average Bonchev–Trinajstić information content (AvgIpc) is 2.27. The second kappa shape index (κ2) is 5.09. The van der Waals surface area contributed by atoms with Gasteiger partial charge in [0.15, 0.2) is 0 Å². The first-order valence-corrected chi connectivity index (χ1v) is 6.22. The van der Waals surface area contributed by atoms with Crippen LogP contribution in [0.3, 0.4) is 0 Å². The van der Waals surface area contributed by atoms with Gasteiger partial charge in [-0.3, -0.25) is 4.79 Å². The van der Waals surface area contributed by atoms with Crippen LogP contribution in [0, 0.1) is 5.21 Å². The Bertz CT molecular complexity index is 488. The van der Waals surface area contributed by atoms with E-state index in [0.29, 0.717) is 30.1 Å². The Labute approximate surface area is 118 Å². The maximum atomic E-state index is 11.7. The number of anilines is 1. The summed E-state index contributed by atoms with van der Waals surface area (Å²) >= 11 is 16.3. The molecule has 8 heteroatoms. The second-order valence-corrected chi connectivity index (χ2v) is 6.06. The normalized spacial score (nSPS) is 15.1. The molecule has 0 aliphatic carbocycles. The lowest BCUT2D eigenvalue weighted by molar-refractivity contribution is -0.614. The topological polar surface area (TPSA) is 65.3 Å². The highest BCUT2D eigenvalue weighted by Gasteiger charge is 2.31. The number of hydrogen-bond acceptors (Lipinski definition) is 3. The number of nitrogens with one attached hydrogen (secondary N) is 1. The molecule has 98 valence electrons. The Kier molecular flexibility index (Phi) is 3.87. The molecule has 18 heavy (non-hydrogen) atoms. The van der Waals surface area contributed by atoms with Crippen LogP contribution in [0.25, 0.3) is 0 Å². The van der Waals surface area contributed by atoms with Gasteiger partial charge in [0, 0.05) is 5.56 Å². The van der Waals surface area contributed by atoms with E-state index in [4.69, 9.17) is 39.5 Å². The van der Waals surface area contributed by atoms with Crippen molar-refractivity contribution in [2.24, 2.45) is 0 Å². The molecule has 2 heterocycles. The summed E-state index contributed by atoms with van der Waals surface area (Å²) in [5.74, 6) is -0.816. The molecule has 1 aromatic rings. The molecule has 0 unspecified atom stereocenters. The molecule has 0 saturated heterocycles. The fourth-order valence-electron chi connectivity index (χ4n) is 1.67. The molecule has 1 aromatic heterocycles. The summed E-state index contributed by atoms with van der Waals surface area (Å²) in [5, 5.41) is 14.1. The van der Waals surface area contributed by atoms with E-state index >= 15 is 0 Å². The smallest absolute Gasteiger partial charge is 0.276 e. The van der Waals surface area contributed by atoms with E-state index in [0.717, 1.165) is 5.56 Å². The number of hydrogen-bond donors (Lipinski definition) is 1. The molecule has 1 amide bonds. The number of nitrogens with zero attached hydrogens (tertiary/aromatic N) is 1. The monoisotopic (exact) mass is 310 g/mol. The fraction of sp³-hybridized carbons (Fsp3) is 0.400. The molecule has 2 rings (SSSR count). The summed E-state index contributed by atoms with van der Waals surface area (Å²) in [6.45, 7) is 0.837. The lowest BCUT2D eigenvalue weighted by Gasteiger charge is -2.17. The molecule has 1 aliphatic rings. The van der Waals surface area contributed by atoms with Gasteiger partial charge in [-0.25, -0.2) is 0 Å². The van der Waals surface area contributed by atoms with Crippen LogP contribution < -0.4 is 10.0 Å². The van der Waals surface area contributed by atoms with Gasteiger partial charge in [-0.1, -0.05) is 34.8 Å². The van der Waals surface area contributed by atoms with E-state index in [1.165, 1.54) is 6.20 Å². The van der Waals surface area contributed by atoms with Crippen molar-refractivity contribution < 1.29 is 14.3 Å². The van der Waals surface area contributed by atoms with Gasteiger partial charge in [0.25, 0.3) is 9.70 Å². The van der Waals surface area contributed by atoms with Crippen LogP contribution >= 0.6 is 34.8 Å². The van der Waals surface area contributed by atoms with Crippen LogP contribution in [0.15, 0.2) is 12.3 Å². The second-order valence-electron chi connectivity index (χ2n) is 3.78. The summed E-state index contributed by atoms with van der Waals surface area (Å²) in [4.78, 5) is 11.5. The van der Waals surface area contributed by atoms with Gasteiger partial charge in [0.2, 0.25) is 11.9 Å². The average molecular weight is 312 g/mol. The van der Waals surface area contributed by atoms with E-state index in [9.17, 15) is 10.0 Å². The van der Waals surface area contributed by atoms with Crippen molar-refractivity contribution >= 4 is 46.4 Å². The number of fused-ring (bicyclic) bond motifs is 1. The van der Waals surface area contributed by atoms with Gasteiger partial charge in [-0.05, 0) is 6.07 Å². The molecule has 1 N–H and O–H groups in total. The van der Waals surface area contributed by atoms with Crippen molar-refractivity contribution in [2.75, 3.05) is 11.9 Å². The summed E-state index contributed by atoms with van der Waals surface area (Å²) in [6.07, 6.45) is 1.77. The third-order valence-electron chi connectivity index (χ3n) is 2.48. The number of carbonyl (C=O) groups excluding carboxylic acids is 1. The van der Waals surface area contributed by atoms with Crippen LogP contribution in [-0.4, -0.2) is 16.3 Å². The van der Waals surface area contributed by atoms with Crippen molar-refractivity contribution in [3.05, 3.63) is 28.7 Å². The summed E-state index contributed by atoms with van der Waals surface area (Å²) in [5.41, 5.74) is 1.62. The highest BCUT2D eigenvalue weighted by atomic mass is 35.6. The first-order valence-electron chi connectivity index (χ1n) is 5.09. The number of aromatic nitrogens is 1. The van der Waals surface area contributed by atoms with Crippen molar-refractivity contribution in [3.8, 4) is 0 Å². The van der Waals surface area contributed by atoms with E-state index < -0.39 is 9.70 Å². The molecule has 0 atom stereocenters. The zero-order valence-corrected chi connectivity index (χ0v) is 11.3. The molecule has 0 bridgehead atoms. The Balaban J connectivity index is 2.25. The molecule has 5 nitrogen and oxygen atoms in total. The predicted molar refractivity (Wildman–Crippen MR) is 67.7 cm³/mol. The minimum absolute atomic E-state index is 0.269. The van der Waals surface area contributed by atoms with Gasteiger partial charge in [0.1, 0.15) is 5.69 Å². The van der Waals surface area contributed by atoms with Gasteiger partial charge in [-0.15, -0.1) is 0 Å². The summed E-state index contributed by atoms with van der Waals surface area (Å²) < 4.78 is 3.87. The lowest BCUT2D eigenvalue weighted by Crippen LogP contribution is -2.37. The zero-order chi connectivity index (χ0) is 13.3. The number of ether oxygens (including phenoxy) is 1. The highest BCUT2D eigenvalue weighted by molar-refractivity contribution is 6.76. The molecule has 0 fully saturated rings. The third-order valence-corrected chi connectivity index (χ3v) is 2.99. The van der Waals surface area contributed by atoms with E-state index in [1.807, 2.05) is 0 Å². The fourth-order valence-corrected chi connectivity index (χ4v) is 1.81. The Morgan fingerprint density at radius 1 is 1.50 bits per heavy atom. The van der Waals surface area contributed by atoms with E-state index in [-0.39, 0.29) is 5.69 Å². The van der Waals surface area contributed by atoms with Crippen LogP contribution in [0.5, 0.6) is 0 Å². The molecule has 0 saturated carbocycles. The molecular formula is C10H9Cl3N2O3. The highest BCUT2D eigenvalue weighted by Crippen LogP contribution is 2.28. The third kappa shape index (κ3) is 2.98. The minimum atomic E-state index is -2.07. The van der Waals surface area contributed by atoms with Crippen LogP contribution in [-0.2, 0) is 22.6 Å².